The van der Waals surface area contributed by atoms with Gasteiger partial charge in [0.2, 0.25) is 0 Å². The quantitative estimate of drug-likeness (QED) is 0.780. The van der Waals surface area contributed by atoms with Crippen LogP contribution in [0.25, 0.3) is 23.4 Å². The summed E-state index contributed by atoms with van der Waals surface area (Å²) in [5, 5.41) is 7.97. The first kappa shape index (κ1) is 18.9. The Morgan fingerprint density at radius 3 is 2.83 bits per heavy atom. The van der Waals surface area contributed by atoms with Crippen molar-refractivity contribution in [2.75, 3.05) is 6.54 Å². The number of hydrogen-bond acceptors (Lipinski definition) is 5. The molecule has 3 heterocycles. The largest absolute Gasteiger partial charge is 0.384 e. The van der Waals surface area contributed by atoms with Gasteiger partial charge in [0.25, 0.3) is 11.5 Å². The number of aromatic nitrogens is 1. The fourth-order valence-corrected chi connectivity index (χ4v) is 3.57. The Labute approximate surface area is 168 Å². The molecule has 2 aliphatic rings. The van der Waals surface area contributed by atoms with Crippen LogP contribution in [0.15, 0.2) is 39.0 Å². The van der Waals surface area contributed by atoms with E-state index in [-0.39, 0.29) is 23.7 Å². The van der Waals surface area contributed by atoms with Crippen LogP contribution in [0.3, 0.4) is 0 Å². The van der Waals surface area contributed by atoms with E-state index in [0.717, 1.165) is 21.7 Å². The number of hydrogen-bond donors (Lipinski definition) is 2. The molecule has 0 fully saturated rings. The number of aliphatic imine (C=N–C) groups is 2. The maximum absolute atomic E-state index is 13.1. The second-order valence-electron chi connectivity index (χ2n) is 7.36. The summed E-state index contributed by atoms with van der Waals surface area (Å²) in [6, 6.07) is 7.44. The van der Waals surface area contributed by atoms with E-state index < -0.39 is 0 Å². The van der Waals surface area contributed by atoms with E-state index in [9.17, 15) is 9.59 Å². The third-order valence-corrected chi connectivity index (χ3v) is 5.21. The van der Waals surface area contributed by atoms with Crippen LogP contribution in [-0.4, -0.2) is 41.7 Å². The van der Waals surface area contributed by atoms with E-state index in [2.05, 4.69) is 20.6 Å². The van der Waals surface area contributed by atoms with E-state index in [1.54, 1.807) is 36.2 Å². The van der Waals surface area contributed by atoms with Gasteiger partial charge in [-0.2, -0.15) is 0 Å². The Morgan fingerprint density at radius 2 is 2.07 bits per heavy atom. The average molecular weight is 389 g/mol. The third-order valence-electron chi connectivity index (χ3n) is 5.21. The van der Waals surface area contributed by atoms with Gasteiger partial charge in [0.05, 0.1) is 11.9 Å². The minimum atomic E-state index is -0.368. The summed E-state index contributed by atoms with van der Waals surface area (Å²) < 4.78 is 1.67. The van der Waals surface area contributed by atoms with Crippen LogP contribution < -0.4 is 26.8 Å². The molecular formula is C22H23N5O2. The molecule has 1 amide bonds. The predicted molar refractivity (Wildman–Crippen MR) is 116 cm³/mol. The van der Waals surface area contributed by atoms with Crippen LogP contribution in [0.4, 0.5) is 0 Å². The Bertz CT molecular complexity index is 1220. The van der Waals surface area contributed by atoms with Crippen LogP contribution in [0, 0.1) is 6.92 Å². The van der Waals surface area contributed by atoms with Gasteiger partial charge in [-0.25, -0.2) is 0 Å². The summed E-state index contributed by atoms with van der Waals surface area (Å²) in [5.74, 6) is -0.240. The van der Waals surface area contributed by atoms with Crippen molar-refractivity contribution < 1.29 is 4.79 Å². The molecule has 7 heteroatoms. The molecule has 2 unspecified atom stereocenters. The molecule has 1 aromatic heterocycles. The Kier molecular flexibility index (Phi) is 4.88. The summed E-state index contributed by atoms with van der Waals surface area (Å²) >= 11 is 0. The van der Waals surface area contributed by atoms with Gasteiger partial charge in [0, 0.05) is 48.1 Å². The van der Waals surface area contributed by atoms with Crippen molar-refractivity contribution in [3.63, 3.8) is 0 Å². The number of nitrogens with one attached hydrogen (secondary N) is 2. The van der Waals surface area contributed by atoms with Gasteiger partial charge in [-0.05, 0) is 49.2 Å². The summed E-state index contributed by atoms with van der Waals surface area (Å²) in [7, 11) is 1.78. The molecular weight excluding hydrogens is 366 g/mol. The second kappa shape index (κ2) is 7.50. The number of carbonyl (C=O) groups is 1. The van der Waals surface area contributed by atoms with Gasteiger partial charge in [0.15, 0.2) is 0 Å². The van der Waals surface area contributed by atoms with Gasteiger partial charge in [0.1, 0.15) is 6.17 Å². The Morgan fingerprint density at radius 1 is 1.24 bits per heavy atom. The molecule has 2 N–H and O–H groups in total. The molecule has 0 bridgehead atoms. The monoisotopic (exact) mass is 389 g/mol. The number of aryl methyl sites for hydroxylation is 1. The number of benzene rings is 1. The van der Waals surface area contributed by atoms with Gasteiger partial charge < -0.3 is 15.2 Å². The van der Waals surface area contributed by atoms with Crippen LogP contribution in [-0.2, 0) is 7.05 Å². The fraction of sp³-hybridized carbons (Fsp3) is 0.273. The van der Waals surface area contributed by atoms with Crippen LogP contribution in [0.1, 0.15) is 22.8 Å². The lowest BCUT2D eigenvalue weighted by Crippen LogP contribution is -2.47. The van der Waals surface area contributed by atoms with E-state index in [4.69, 9.17) is 0 Å². The normalized spacial score (nSPS) is 19.6. The van der Waals surface area contributed by atoms with Crippen molar-refractivity contribution in [3.05, 3.63) is 56.3 Å². The molecule has 2 aliphatic heterocycles. The number of amides is 1. The highest BCUT2D eigenvalue weighted by molar-refractivity contribution is 6.16. The maximum atomic E-state index is 13.1. The standard InChI is InChI=1S/C22H23N5O2/c1-13-4-5-15(21(28)26-20-12-23-6-7-24-20)9-17(13)18-10-16-11-25-14(2)8-19(16)27(3)22(18)29/h4-11,14,20,25H,12H2,1-3H3,(H,26,28). The minimum absolute atomic E-state index is 0.0885. The highest BCUT2D eigenvalue weighted by Crippen LogP contribution is 2.21. The summed E-state index contributed by atoms with van der Waals surface area (Å²) in [6.45, 7) is 4.39. The second-order valence-corrected chi connectivity index (χ2v) is 7.36. The number of carbonyl (C=O) groups excluding carboxylic acids is 1. The molecule has 148 valence electrons. The minimum Gasteiger partial charge on any atom is -0.384 e. The molecule has 2 atom stereocenters. The predicted octanol–water partition coefficient (Wildman–Crippen LogP) is 0.0820. The first-order valence-electron chi connectivity index (χ1n) is 9.55. The lowest BCUT2D eigenvalue weighted by molar-refractivity contribution is 0.0940. The van der Waals surface area contributed by atoms with Crippen LogP contribution in [0.5, 0.6) is 0 Å². The van der Waals surface area contributed by atoms with E-state index in [1.807, 2.05) is 38.3 Å². The van der Waals surface area contributed by atoms with Gasteiger partial charge in [-0.15, -0.1) is 0 Å². The van der Waals surface area contributed by atoms with Crippen molar-refractivity contribution in [2.45, 2.75) is 26.1 Å². The topological polar surface area (TPSA) is 87.8 Å². The highest BCUT2D eigenvalue weighted by atomic mass is 16.2. The fourth-order valence-electron chi connectivity index (χ4n) is 3.57. The lowest BCUT2D eigenvalue weighted by atomic mass is 9.97. The van der Waals surface area contributed by atoms with Crippen molar-refractivity contribution in [1.82, 2.24) is 15.2 Å². The zero-order valence-electron chi connectivity index (χ0n) is 16.6. The van der Waals surface area contributed by atoms with Crippen LogP contribution in [0.2, 0.25) is 0 Å². The molecule has 2 aromatic rings. The molecule has 0 saturated heterocycles. The van der Waals surface area contributed by atoms with Crippen molar-refractivity contribution in [1.29, 1.82) is 0 Å². The molecule has 7 nitrogen and oxygen atoms in total. The van der Waals surface area contributed by atoms with Crippen LogP contribution >= 0.6 is 0 Å². The Balaban J connectivity index is 1.76. The first-order chi connectivity index (χ1) is 13.9. The number of fused-ring (bicyclic) bond motifs is 1. The molecule has 4 rings (SSSR count). The molecule has 0 saturated carbocycles. The van der Waals surface area contributed by atoms with E-state index in [0.29, 0.717) is 17.7 Å². The van der Waals surface area contributed by atoms with Gasteiger partial charge >= 0.3 is 0 Å². The SMILES string of the molecule is Cc1ccc(C(=O)NC2CN=CC=N2)cc1-c1cc2c(n(C)c1=O)=CC(C)NC=2. The summed E-state index contributed by atoms with van der Waals surface area (Å²) in [5.41, 5.74) is 2.64. The Hall–Kier alpha value is -3.48. The number of rotatable bonds is 3. The van der Waals surface area contributed by atoms with Gasteiger partial charge in [-0.3, -0.25) is 19.6 Å². The lowest BCUT2D eigenvalue weighted by Gasteiger charge is -2.16. The highest BCUT2D eigenvalue weighted by Gasteiger charge is 2.17. The zero-order chi connectivity index (χ0) is 20.5. The average Bonchev–Trinajstić information content (AvgIpc) is 2.72. The zero-order valence-corrected chi connectivity index (χ0v) is 16.6. The van der Waals surface area contributed by atoms with Crippen molar-refractivity contribution in [2.24, 2.45) is 17.0 Å². The number of pyridine rings is 1. The van der Waals surface area contributed by atoms with Gasteiger partial charge in [-0.1, -0.05) is 6.07 Å². The maximum Gasteiger partial charge on any atom is 0.258 e. The summed E-state index contributed by atoms with van der Waals surface area (Å²) in [6.07, 6.45) is 6.78. The number of nitrogens with zero attached hydrogens (tertiary/aromatic N) is 3. The summed E-state index contributed by atoms with van der Waals surface area (Å²) in [4.78, 5) is 34.1. The third kappa shape index (κ3) is 3.63. The molecule has 29 heavy (non-hydrogen) atoms. The molecule has 0 aliphatic carbocycles. The van der Waals surface area contributed by atoms with E-state index in [1.165, 1.54) is 0 Å². The van der Waals surface area contributed by atoms with Crippen molar-refractivity contribution in [3.8, 4) is 11.1 Å². The molecule has 0 spiro atoms. The molecule has 1 aromatic carbocycles. The van der Waals surface area contributed by atoms with Crippen molar-refractivity contribution >= 4 is 30.6 Å². The molecule has 0 radical (unpaired) electrons. The smallest absolute Gasteiger partial charge is 0.258 e. The van der Waals surface area contributed by atoms with E-state index >= 15 is 0 Å². The first-order valence-corrected chi connectivity index (χ1v) is 9.55.